The van der Waals surface area contributed by atoms with Gasteiger partial charge in [-0.2, -0.15) is 0 Å². The molecule has 2 aromatic carbocycles. The van der Waals surface area contributed by atoms with Gasteiger partial charge in [0.05, 0.1) is 13.2 Å². The summed E-state index contributed by atoms with van der Waals surface area (Å²) in [5.74, 6) is 0.776. The summed E-state index contributed by atoms with van der Waals surface area (Å²) in [6.07, 6.45) is -0.415. The molecule has 1 saturated heterocycles. The summed E-state index contributed by atoms with van der Waals surface area (Å²) < 4.78 is 5.34. The van der Waals surface area contributed by atoms with Gasteiger partial charge in [0.25, 0.3) is 5.91 Å². The van der Waals surface area contributed by atoms with E-state index in [2.05, 4.69) is 21.9 Å². The summed E-state index contributed by atoms with van der Waals surface area (Å²) in [5, 5.41) is 10.5. The van der Waals surface area contributed by atoms with Gasteiger partial charge in [0.1, 0.15) is 5.75 Å². The molecule has 3 rings (SSSR count). The number of β-amino-alcohol motifs (C(OH)–C–C–N with tert-alkyl or cyclic N) is 1. The maximum absolute atomic E-state index is 12.8. The number of benzene rings is 2. The van der Waals surface area contributed by atoms with Crippen LogP contribution in [-0.2, 0) is 6.54 Å². The van der Waals surface area contributed by atoms with E-state index in [4.69, 9.17) is 4.74 Å². The van der Waals surface area contributed by atoms with E-state index in [1.165, 1.54) is 5.56 Å². The molecule has 6 nitrogen and oxygen atoms in total. The molecule has 0 spiro atoms. The molecule has 0 saturated carbocycles. The Hall–Kier alpha value is -2.41. The standard InChI is InChI=1S/C24H33N3O3/c1-19-9-10-21(15-23(19)30-3)24(29)27-13-11-26(12-14-27)18-22(28)17-25(2)16-20-7-5-4-6-8-20/h4-10,15,22,28H,11-14,16-18H2,1-3H3. The van der Waals surface area contributed by atoms with Crippen LogP contribution in [0.4, 0.5) is 0 Å². The normalized spacial score (nSPS) is 16.0. The Morgan fingerprint density at radius 1 is 1.13 bits per heavy atom. The van der Waals surface area contributed by atoms with Crippen LogP contribution >= 0.6 is 0 Å². The van der Waals surface area contributed by atoms with Crippen LogP contribution in [0.1, 0.15) is 21.5 Å². The first-order chi connectivity index (χ1) is 14.5. The number of hydrogen-bond acceptors (Lipinski definition) is 5. The number of rotatable bonds is 8. The monoisotopic (exact) mass is 411 g/mol. The molecule has 1 aliphatic heterocycles. The number of amides is 1. The largest absolute Gasteiger partial charge is 0.496 e. The van der Waals surface area contributed by atoms with Gasteiger partial charge >= 0.3 is 0 Å². The zero-order valence-corrected chi connectivity index (χ0v) is 18.3. The van der Waals surface area contributed by atoms with Crippen LogP contribution in [0.15, 0.2) is 48.5 Å². The Bertz CT molecular complexity index is 820. The van der Waals surface area contributed by atoms with E-state index in [-0.39, 0.29) is 5.91 Å². The topological polar surface area (TPSA) is 56.3 Å². The smallest absolute Gasteiger partial charge is 0.254 e. The van der Waals surface area contributed by atoms with Crippen molar-refractivity contribution in [3.8, 4) is 5.75 Å². The molecule has 0 aromatic heterocycles. The van der Waals surface area contributed by atoms with Gasteiger partial charge < -0.3 is 14.7 Å². The molecule has 162 valence electrons. The number of methoxy groups -OCH3 is 1. The predicted octanol–water partition coefficient (Wildman–Crippen LogP) is 2.25. The minimum atomic E-state index is -0.415. The van der Waals surface area contributed by atoms with Crippen LogP contribution in [0.25, 0.3) is 0 Å². The van der Waals surface area contributed by atoms with Gasteiger partial charge in [0.15, 0.2) is 0 Å². The highest BCUT2D eigenvalue weighted by molar-refractivity contribution is 5.94. The number of aliphatic hydroxyl groups excluding tert-OH is 1. The van der Waals surface area contributed by atoms with Crippen LogP contribution in [0.2, 0.25) is 0 Å². The van der Waals surface area contributed by atoms with Crippen molar-refractivity contribution in [1.82, 2.24) is 14.7 Å². The third-order valence-electron chi connectivity index (χ3n) is 5.60. The van der Waals surface area contributed by atoms with E-state index in [0.717, 1.165) is 30.9 Å². The lowest BCUT2D eigenvalue weighted by atomic mass is 10.1. The Morgan fingerprint density at radius 3 is 2.50 bits per heavy atom. The summed E-state index contributed by atoms with van der Waals surface area (Å²) in [7, 11) is 3.65. The first-order valence-corrected chi connectivity index (χ1v) is 10.5. The van der Waals surface area contributed by atoms with Gasteiger partial charge in [-0.25, -0.2) is 0 Å². The van der Waals surface area contributed by atoms with E-state index in [1.807, 2.05) is 55.3 Å². The third-order valence-corrected chi connectivity index (χ3v) is 5.60. The fourth-order valence-electron chi connectivity index (χ4n) is 3.94. The highest BCUT2D eigenvalue weighted by Gasteiger charge is 2.24. The maximum atomic E-state index is 12.8. The second-order valence-electron chi connectivity index (χ2n) is 8.11. The van der Waals surface area contributed by atoms with Gasteiger partial charge in [0, 0.05) is 51.4 Å². The van der Waals surface area contributed by atoms with Crippen molar-refractivity contribution in [2.45, 2.75) is 19.6 Å². The van der Waals surface area contributed by atoms with E-state index in [0.29, 0.717) is 31.7 Å². The second kappa shape index (κ2) is 10.6. The molecule has 0 radical (unpaired) electrons. The molecule has 1 N–H and O–H groups in total. The number of hydrogen-bond donors (Lipinski definition) is 1. The zero-order chi connectivity index (χ0) is 21.5. The van der Waals surface area contributed by atoms with E-state index < -0.39 is 6.10 Å². The molecule has 1 fully saturated rings. The molecule has 1 heterocycles. The summed E-state index contributed by atoms with van der Waals surface area (Å²) in [6.45, 7) is 6.91. The fraction of sp³-hybridized carbons (Fsp3) is 0.458. The van der Waals surface area contributed by atoms with E-state index in [9.17, 15) is 9.90 Å². The highest BCUT2D eigenvalue weighted by atomic mass is 16.5. The lowest BCUT2D eigenvalue weighted by Crippen LogP contribution is -2.51. The molecule has 1 unspecified atom stereocenters. The summed E-state index contributed by atoms with van der Waals surface area (Å²) in [4.78, 5) is 19.1. The number of piperazine rings is 1. The minimum absolute atomic E-state index is 0.0380. The van der Waals surface area contributed by atoms with Crippen LogP contribution in [-0.4, -0.2) is 85.2 Å². The Morgan fingerprint density at radius 2 is 1.83 bits per heavy atom. The highest BCUT2D eigenvalue weighted by Crippen LogP contribution is 2.20. The fourth-order valence-corrected chi connectivity index (χ4v) is 3.94. The van der Waals surface area contributed by atoms with Gasteiger partial charge in [-0.1, -0.05) is 36.4 Å². The van der Waals surface area contributed by atoms with Crippen LogP contribution in [0.5, 0.6) is 5.75 Å². The number of likely N-dealkylation sites (N-methyl/N-ethyl adjacent to an activating group) is 1. The van der Waals surface area contributed by atoms with Crippen molar-refractivity contribution in [2.24, 2.45) is 0 Å². The molecule has 1 amide bonds. The molecule has 0 bridgehead atoms. The molecular weight excluding hydrogens is 378 g/mol. The quantitative estimate of drug-likeness (QED) is 0.722. The SMILES string of the molecule is COc1cc(C(=O)N2CCN(CC(O)CN(C)Cc3ccccc3)CC2)ccc1C. The summed E-state index contributed by atoms with van der Waals surface area (Å²) in [6, 6.07) is 15.9. The zero-order valence-electron chi connectivity index (χ0n) is 18.3. The van der Waals surface area contributed by atoms with Crippen LogP contribution in [0, 0.1) is 6.92 Å². The van der Waals surface area contributed by atoms with Crippen molar-refractivity contribution in [2.75, 3.05) is 53.4 Å². The Balaban J connectivity index is 1.44. The third kappa shape index (κ3) is 6.05. The number of carbonyl (C=O) groups is 1. The van der Waals surface area contributed by atoms with Crippen molar-refractivity contribution >= 4 is 5.91 Å². The molecule has 2 aromatic rings. The first-order valence-electron chi connectivity index (χ1n) is 10.5. The molecule has 1 aliphatic rings. The first kappa shape index (κ1) is 22.3. The lowest BCUT2D eigenvalue weighted by molar-refractivity contribution is 0.0453. The number of aliphatic hydroxyl groups is 1. The van der Waals surface area contributed by atoms with Gasteiger partial charge in [-0.05, 0) is 37.2 Å². The number of ether oxygens (including phenoxy) is 1. The number of carbonyl (C=O) groups excluding carboxylic acids is 1. The summed E-state index contributed by atoms with van der Waals surface area (Å²) >= 11 is 0. The average Bonchev–Trinajstić information content (AvgIpc) is 2.74. The predicted molar refractivity (Wildman–Crippen MR) is 119 cm³/mol. The minimum Gasteiger partial charge on any atom is -0.496 e. The summed E-state index contributed by atoms with van der Waals surface area (Å²) in [5.41, 5.74) is 2.92. The second-order valence-corrected chi connectivity index (χ2v) is 8.11. The van der Waals surface area contributed by atoms with E-state index in [1.54, 1.807) is 7.11 Å². The lowest BCUT2D eigenvalue weighted by Gasteiger charge is -2.36. The molecule has 0 aliphatic carbocycles. The van der Waals surface area contributed by atoms with Crippen molar-refractivity contribution in [3.05, 3.63) is 65.2 Å². The molecule has 1 atom stereocenters. The molecular formula is C24H33N3O3. The van der Waals surface area contributed by atoms with Crippen molar-refractivity contribution < 1.29 is 14.6 Å². The Kier molecular flexibility index (Phi) is 7.85. The van der Waals surface area contributed by atoms with Gasteiger partial charge in [-0.15, -0.1) is 0 Å². The average molecular weight is 412 g/mol. The molecule has 6 heteroatoms. The number of aryl methyl sites for hydroxylation is 1. The van der Waals surface area contributed by atoms with Crippen LogP contribution in [0.3, 0.4) is 0 Å². The maximum Gasteiger partial charge on any atom is 0.254 e. The molecule has 30 heavy (non-hydrogen) atoms. The van der Waals surface area contributed by atoms with Crippen molar-refractivity contribution in [3.63, 3.8) is 0 Å². The van der Waals surface area contributed by atoms with E-state index >= 15 is 0 Å². The van der Waals surface area contributed by atoms with Crippen molar-refractivity contribution in [1.29, 1.82) is 0 Å². The van der Waals surface area contributed by atoms with Gasteiger partial charge in [0.2, 0.25) is 0 Å². The number of nitrogens with zero attached hydrogens (tertiary/aromatic N) is 3. The van der Waals surface area contributed by atoms with Gasteiger partial charge in [-0.3, -0.25) is 14.6 Å². The Labute approximate surface area is 179 Å². The van der Waals surface area contributed by atoms with Crippen LogP contribution < -0.4 is 4.74 Å².